The second-order valence-corrected chi connectivity index (χ2v) is 3.33. The molecule has 1 saturated heterocycles. The maximum atomic E-state index is 3.37. The van der Waals surface area contributed by atoms with Crippen LogP contribution in [-0.2, 0) is 0 Å². The van der Waals surface area contributed by atoms with Gasteiger partial charge in [0.05, 0.1) is 0 Å². The normalized spacial score (nSPS) is 16.8. The Morgan fingerprint density at radius 2 is 1.31 bits per heavy atom. The summed E-state index contributed by atoms with van der Waals surface area (Å²) in [7, 11) is 0. The molecule has 0 spiro atoms. The smallest absolute Gasteiger partial charge is 0.00462 e. The number of hydrogen-bond donors (Lipinski definition) is 1. The van der Waals surface area contributed by atoms with Gasteiger partial charge in [-0.2, -0.15) is 0 Å². The molecule has 13 heavy (non-hydrogen) atoms. The van der Waals surface area contributed by atoms with E-state index in [1.54, 1.807) is 0 Å². The molecule has 0 atom stereocenters. The van der Waals surface area contributed by atoms with Crippen LogP contribution in [0.25, 0.3) is 0 Å². The predicted octanol–water partition coefficient (Wildman–Crippen LogP) is 3.69. The van der Waals surface area contributed by atoms with Crippen LogP contribution in [0.3, 0.4) is 0 Å². The summed E-state index contributed by atoms with van der Waals surface area (Å²) in [6.45, 7) is 15.1. The Labute approximate surface area is 85.3 Å². The molecule has 1 nitrogen and oxygen atoms in total. The van der Waals surface area contributed by atoms with Gasteiger partial charge in [-0.15, -0.1) is 0 Å². The molecule has 1 aliphatic heterocycles. The lowest BCUT2D eigenvalue weighted by Crippen LogP contribution is -2.29. The Morgan fingerprint density at radius 1 is 0.923 bits per heavy atom. The van der Waals surface area contributed by atoms with Gasteiger partial charge >= 0.3 is 0 Å². The van der Waals surface area contributed by atoms with Crippen LogP contribution in [-0.4, -0.2) is 13.1 Å². The van der Waals surface area contributed by atoms with E-state index in [-0.39, 0.29) is 0 Å². The van der Waals surface area contributed by atoms with E-state index in [4.69, 9.17) is 0 Å². The van der Waals surface area contributed by atoms with Crippen LogP contribution in [0.5, 0.6) is 0 Å². The number of rotatable bonds is 1. The van der Waals surface area contributed by atoms with E-state index < -0.39 is 0 Å². The summed E-state index contributed by atoms with van der Waals surface area (Å²) in [5.74, 6) is 1.89. The van der Waals surface area contributed by atoms with Crippen molar-refractivity contribution in [1.29, 1.82) is 0 Å². The number of piperidine rings is 1. The second kappa shape index (κ2) is 12.0. The molecule has 0 bridgehead atoms. The van der Waals surface area contributed by atoms with Crippen LogP contribution in [0.2, 0.25) is 0 Å². The van der Waals surface area contributed by atoms with E-state index >= 15 is 0 Å². The number of nitrogens with one attached hydrogen (secondary N) is 1. The lowest BCUT2D eigenvalue weighted by atomic mass is 9.87. The molecule has 1 heterocycles. The highest BCUT2D eigenvalue weighted by atomic mass is 14.9. The van der Waals surface area contributed by atoms with Crippen molar-refractivity contribution >= 4 is 0 Å². The van der Waals surface area contributed by atoms with Gasteiger partial charge in [-0.3, -0.25) is 0 Å². The maximum Gasteiger partial charge on any atom is -0.00462 e. The average Bonchev–Trinajstić information content (AvgIpc) is 2.25. The Balaban J connectivity index is 0. The largest absolute Gasteiger partial charge is 0.317 e. The lowest BCUT2D eigenvalue weighted by molar-refractivity contribution is 0.292. The van der Waals surface area contributed by atoms with Crippen LogP contribution in [0, 0.1) is 11.8 Å². The summed E-state index contributed by atoms with van der Waals surface area (Å²) < 4.78 is 0. The molecule has 0 unspecified atom stereocenters. The molecule has 1 fully saturated rings. The van der Waals surface area contributed by atoms with Crippen LogP contribution in [0.4, 0.5) is 0 Å². The highest BCUT2D eigenvalue weighted by molar-refractivity contribution is 4.70. The van der Waals surface area contributed by atoms with Gasteiger partial charge < -0.3 is 5.32 Å². The predicted molar refractivity (Wildman–Crippen MR) is 63.1 cm³/mol. The minimum absolute atomic E-state index is 0.895. The Hall–Kier alpha value is -0.0400. The van der Waals surface area contributed by atoms with E-state index in [2.05, 4.69) is 19.2 Å². The number of hydrogen-bond acceptors (Lipinski definition) is 1. The van der Waals surface area contributed by atoms with Crippen LogP contribution in [0.15, 0.2) is 0 Å². The summed E-state index contributed by atoms with van der Waals surface area (Å²) in [4.78, 5) is 0. The van der Waals surface area contributed by atoms with Gasteiger partial charge in [-0.25, -0.2) is 0 Å². The highest BCUT2D eigenvalue weighted by Crippen LogP contribution is 2.20. The van der Waals surface area contributed by atoms with Gasteiger partial charge in [-0.05, 0) is 37.8 Å². The SMILES string of the molecule is CC.CC.CC(C)C1CCNCC1. The van der Waals surface area contributed by atoms with Crippen LogP contribution < -0.4 is 5.32 Å². The molecule has 0 amide bonds. The van der Waals surface area contributed by atoms with Crippen molar-refractivity contribution in [2.45, 2.75) is 54.4 Å². The first kappa shape index (κ1) is 15.4. The quantitative estimate of drug-likeness (QED) is 0.660. The zero-order valence-corrected chi connectivity index (χ0v) is 10.5. The maximum absolute atomic E-state index is 3.37. The third kappa shape index (κ3) is 8.29. The molecular formula is C12H29N. The van der Waals surface area contributed by atoms with Gasteiger partial charge in [0, 0.05) is 0 Å². The van der Waals surface area contributed by atoms with Crippen molar-refractivity contribution in [3.63, 3.8) is 0 Å². The van der Waals surface area contributed by atoms with Gasteiger partial charge in [0.1, 0.15) is 0 Å². The molecule has 82 valence electrons. The van der Waals surface area contributed by atoms with Crippen LogP contribution >= 0.6 is 0 Å². The highest BCUT2D eigenvalue weighted by Gasteiger charge is 2.15. The molecule has 0 aliphatic carbocycles. The molecular weight excluding hydrogens is 158 g/mol. The molecule has 0 saturated carbocycles. The first-order valence-electron chi connectivity index (χ1n) is 6.01. The first-order valence-corrected chi connectivity index (χ1v) is 6.01. The molecule has 0 aromatic carbocycles. The van der Waals surface area contributed by atoms with Crippen molar-refractivity contribution in [3.8, 4) is 0 Å². The fourth-order valence-electron chi connectivity index (χ4n) is 1.51. The van der Waals surface area contributed by atoms with E-state index in [1.807, 2.05) is 27.7 Å². The van der Waals surface area contributed by atoms with Gasteiger partial charge in [0.25, 0.3) is 0 Å². The summed E-state index contributed by atoms with van der Waals surface area (Å²) >= 11 is 0. The standard InChI is InChI=1S/C8H17N.2C2H6/c1-7(2)8-3-5-9-6-4-8;2*1-2/h7-9H,3-6H2,1-2H3;2*1-2H3. The third-order valence-electron chi connectivity index (χ3n) is 2.33. The van der Waals surface area contributed by atoms with Gasteiger partial charge in [0.15, 0.2) is 0 Å². The Morgan fingerprint density at radius 3 is 1.54 bits per heavy atom. The molecule has 1 heteroatoms. The van der Waals surface area contributed by atoms with Crippen molar-refractivity contribution < 1.29 is 0 Å². The van der Waals surface area contributed by atoms with Crippen molar-refractivity contribution in [3.05, 3.63) is 0 Å². The minimum atomic E-state index is 0.895. The monoisotopic (exact) mass is 187 g/mol. The van der Waals surface area contributed by atoms with E-state index in [9.17, 15) is 0 Å². The van der Waals surface area contributed by atoms with Crippen molar-refractivity contribution in [2.24, 2.45) is 11.8 Å². The second-order valence-electron chi connectivity index (χ2n) is 3.33. The summed E-state index contributed by atoms with van der Waals surface area (Å²) in [6.07, 6.45) is 2.77. The minimum Gasteiger partial charge on any atom is -0.317 e. The van der Waals surface area contributed by atoms with E-state index in [1.165, 1.54) is 25.9 Å². The molecule has 0 radical (unpaired) electrons. The average molecular weight is 187 g/mol. The lowest BCUT2D eigenvalue weighted by Gasteiger charge is -2.25. The molecule has 1 rings (SSSR count). The van der Waals surface area contributed by atoms with Gasteiger partial charge in [-0.1, -0.05) is 41.5 Å². The van der Waals surface area contributed by atoms with Crippen LogP contribution in [0.1, 0.15) is 54.4 Å². The molecule has 1 N–H and O–H groups in total. The fraction of sp³-hybridized carbons (Fsp3) is 1.00. The first-order chi connectivity index (χ1) is 6.30. The molecule has 0 aromatic rings. The topological polar surface area (TPSA) is 12.0 Å². The fourth-order valence-corrected chi connectivity index (χ4v) is 1.51. The third-order valence-corrected chi connectivity index (χ3v) is 2.33. The molecule has 1 aliphatic rings. The van der Waals surface area contributed by atoms with E-state index in [0.717, 1.165) is 11.8 Å². The van der Waals surface area contributed by atoms with Crippen molar-refractivity contribution in [2.75, 3.05) is 13.1 Å². The summed E-state index contributed by atoms with van der Waals surface area (Å²) in [6, 6.07) is 0. The Bertz CT molecular complexity index is 73.2. The van der Waals surface area contributed by atoms with E-state index in [0.29, 0.717) is 0 Å². The van der Waals surface area contributed by atoms with Gasteiger partial charge in [0.2, 0.25) is 0 Å². The zero-order chi connectivity index (χ0) is 10.7. The van der Waals surface area contributed by atoms with Crippen molar-refractivity contribution in [1.82, 2.24) is 5.32 Å². The Kier molecular flexibility index (Phi) is 14.2. The zero-order valence-electron chi connectivity index (χ0n) is 10.5. The summed E-state index contributed by atoms with van der Waals surface area (Å²) in [5.41, 5.74) is 0. The molecule has 0 aromatic heterocycles. The summed E-state index contributed by atoms with van der Waals surface area (Å²) in [5, 5.41) is 3.37.